The van der Waals surface area contributed by atoms with Crippen molar-refractivity contribution in [2.75, 3.05) is 19.3 Å². The largest absolute Gasteiger partial charge is 0.334 e. The van der Waals surface area contributed by atoms with Crippen molar-refractivity contribution in [3.8, 4) is 0 Å². The van der Waals surface area contributed by atoms with Crippen molar-refractivity contribution in [3.05, 3.63) is 18.2 Å². The third kappa shape index (κ3) is 3.49. The molecular weight excluding hydrogens is 230 g/mol. The fourth-order valence-electron chi connectivity index (χ4n) is 2.41. The maximum atomic E-state index is 4.34. The molecule has 1 fully saturated rings. The lowest BCUT2D eigenvalue weighted by Gasteiger charge is -2.24. The summed E-state index contributed by atoms with van der Waals surface area (Å²) in [6, 6.07) is 0. The van der Waals surface area contributed by atoms with Gasteiger partial charge in [0.15, 0.2) is 0 Å². The van der Waals surface area contributed by atoms with Crippen LogP contribution in [-0.2, 0) is 6.54 Å². The summed E-state index contributed by atoms with van der Waals surface area (Å²) < 4.78 is 2.36. The molecule has 1 N–H and O–H groups in total. The first-order valence-corrected chi connectivity index (χ1v) is 7.83. The van der Waals surface area contributed by atoms with Crippen LogP contribution in [-0.4, -0.2) is 34.1 Å². The number of rotatable bonds is 5. The average Bonchev–Trinajstić information content (AvgIpc) is 2.85. The molecule has 0 saturated carbocycles. The quantitative estimate of drug-likeness (QED) is 0.874. The van der Waals surface area contributed by atoms with Crippen LogP contribution in [0.4, 0.5) is 0 Å². The van der Waals surface area contributed by atoms with Gasteiger partial charge < -0.3 is 9.88 Å². The number of hydrogen-bond donors (Lipinski definition) is 1. The van der Waals surface area contributed by atoms with E-state index in [9.17, 15) is 0 Å². The van der Waals surface area contributed by atoms with E-state index in [1.807, 2.05) is 18.1 Å². The summed E-state index contributed by atoms with van der Waals surface area (Å²) >= 11 is 1.94. The van der Waals surface area contributed by atoms with E-state index in [0.717, 1.165) is 24.9 Å². The lowest BCUT2D eigenvalue weighted by atomic mass is 9.95. The number of hydrogen-bond acceptors (Lipinski definition) is 3. The summed E-state index contributed by atoms with van der Waals surface area (Å²) in [5, 5.41) is 4.16. The third-order valence-corrected chi connectivity index (χ3v) is 4.72. The molecule has 0 radical (unpaired) electrons. The van der Waals surface area contributed by atoms with E-state index in [2.05, 4.69) is 34.2 Å². The number of nitrogens with zero attached hydrogens (tertiary/aromatic N) is 2. The van der Waals surface area contributed by atoms with Crippen LogP contribution in [0, 0.1) is 0 Å². The SMILES string of the molecule is CSC(C)CCn1cncc1C1CCNCC1. The van der Waals surface area contributed by atoms with Crippen LogP contribution >= 0.6 is 11.8 Å². The molecule has 0 amide bonds. The molecule has 2 rings (SSSR count). The van der Waals surface area contributed by atoms with Gasteiger partial charge in [0.25, 0.3) is 0 Å². The van der Waals surface area contributed by atoms with Gasteiger partial charge in [-0.15, -0.1) is 0 Å². The van der Waals surface area contributed by atoms with E-state index >= 15 is 0 Å². The molecule has 0 aromatic carbocycles. The van der Waals surface area contributed by atoms with Gasteiger partial charge in [-0.25, -0.2) is 4.98 Å². The first kappa shape index (κ1) is 13.0. The van der Waals surface area contributed by atoms with E-state index in [4.69, 9.17) is 0 Å². The number of imidazole rings is 1. The van der Waals surface area contributed by atoms with Crippen LogP contribution in [0.2, 0.25) is 0 Å². The molecule has 1 aliphatic heterocycles. The second-order valence-electron chi connectivity index (χ2n) is 4.87. The summed E-state index contributed by atoms with van der Waals surface area (Å²) in [6.07, 6.45) is 10.00. The lowest BCUT2D eigenvalue weighted by Crippen LogP contribution is -2.27. The monoisotopic (exact) mass is 253 g/mol. The smallest absolute Gasteiger partial charge is 0.0948 e. The Balaban J connectivity index is 1.95. The number of aryl methyl sites for hydroxylation is 1. The Hall–Kier alpha value is -0.480. The molecule has 17 heavy (non-hydrogen) atoms. The molecule has 4 heteroatoms. The lowest BCUT2D eigenvalue weighted by molar-refractivity contribution is 0.436. The minimum atomic E-state index is 0.711. The Kier molecular flexibility index (Phi) is 4.92. The predicted molar refractivity (Wildman–Crippen MR) is 74.7 cm³/mol. The standard InChI is InChI=1S/C13H23N3S/c1-11(17-2)5-8-16-10-15-9-13(16)12-3-6-14-7-4-12/h9-12,14H,3-8H2,1-2H3. The highest BCUT2D eigenvalue weighted by Gasteiger charge is 2.18. The normalized spacial score (nSPS) is 19.4. The van der Waals surface area contributed by atoms with Crippen LogP contribution in [0.15, 0.2) is 12.5 Å². The van der Waals surface area contributed by atoms with E-state index in [-0.39, 0.29) is 0 Å². The summed E-state index contributed by atoms with van der Waals surface area (Å²) in [5.74, 6) is 0.711. The van der Waals surface area contributed by atoms with Crippen LogP contribution in [0.25, 0.3) is 0 Å². The molecule has 96 valence electrons. The Morgan fingerprint density at radius 1 is 1.53 bits per heavy atom. The molecule has 1 atom stereocenters. The topological polar surface area (TPSA) is 29.9 Å². The molecule has 1 unspecified atom stereocenters. The number of nitrogens with one attached hydrogen (secondary N) is 1. The van der Waals surface area contributed by atoms with Gasteiger partial charge in [0.1, 0.15) is 0 Å². The molecule has 1 aromatic heterocycles. The van der Waals surface area contributed by atoms with E-state index in [1.54, 1.807) is 0 Å². The Morgan fingerprint density at radius 3 is 3.00 bits per heavy atom. The molecular formula is C13H23N3S. The molecule has 2 heterocycles. The van der Waals surface area contributed by atoms with Crippen molar-refractivity contribution < 1.29 is 0 Å². The summed E-state index contributed by atoms with van der Waals surface area (Å²) in [7, 11) is 0. The number of aromatic nitrogens is 2. The van der Waals surface area contributed by atoms with Crippen molar-refractivity contribution in [2.24, 2.45) is 0 Å². The van der Waals surface area contributed by atoms with Gasteiger partial charge in [0.2, 0.25) is 0 Å². The fourth-order valence-corrected chi connectivity index (χ4v) is 2.76. The maximum Gasteiger partial charge on any atom is 0.0948 e. The second kappa shape index (κ2) is 6.45. The van der Waals surface area contributed by atoms with Gasteiger partial charge in [-0.1, -0.05) is 6.92 Å². The van der Waals surface area contributed by atoms with Gasteiger partial charge in [-0.3, -0.25) is 0 Å². The van der Waals surface area contributed by atoms with Crippen molar-refractivity contribution in [2.45, 2.75) is 43.9 Å². The molecule has 0 bridgehead atoms. The Bertz CT molecular complexity index is 331. The minimum absolute atomic E-state index is 0.711. The van der Waals surface area contributed by atoms with E-state index < -0.39 is 0 Å². The Labute approximate surface area is 108 Å². The zero-order chi connectivity index (χ0) is 12.1. The van der Waals surface area contributed by atoms with Crippen LogP contribution in [0.5, 0.6) is 0 Å². The summed E-state index contributed by atoms with van der Waals surface area (Å²) in [5.41, 5.74) is 1.44. The summed E-state index contributed by atoms with van der Waals surface area (Å²) in [6.45, 7) is 5.71. The third-order valence-electron chi connectivity index (χ3n) is 3.68. The van der Waals surface area contributed by atoms with Crippen LogP contribution < -0.4 is 5.32 Å². The minimum Gasteiger partial charge on any atom is -0.334 e. The van der Waals surface area contributed by atoms with Gasteiger partial charge in [-0.2, -0.15) is 11.8 Å². The number of piperidine rings is 1. The van der Waals surface area contributed by atoms with Gasteiger partial charge in [0, 0.05) is 29.6 Å². The average molecular weight is 253 g/mol. The zero-order valence-electron chi connectivity index (χ0n) is 10.9. The Morgan fingerprint density at radius 2 is 2.29 bits per heavy atom. The van der Waals surface area contributed by atoms with Gasteiger partial charge >= 0.3 is 0 Å². The highest BCUT2D eigenvalue weighted by atomic mass is 32.2. The van der Waals surface area contributed by atoms with Gasteiger partial charge in [0.05, 0.1) is 6.33 Å². The second-order valence-corrected chi connectivity index (χ2v) is 6.15. The number of thioether (sulfide) groups is 1. The predicted octanol–water partition coefficient (Wildman–Crippen LogP) is 2.49. The summed E-state index contributed by atoms with van der Waals surface area (Å²) in [4.78, 5) is 4.34. The molecule has 0 aliphatic carbocycles. The molecule has 0 spiro atoms. The highest BCUT2D eigenvalue weighted by molar-refractivity contribution is 7.99. The van der Waals surface area contributed by atoms with Crippen molar-refractivity contribution in [1.29, 1.82) is 0 Å². The van der Waals surface area contributed by atoms with E-state index in [0.29, 0.717) is 5.92 Å². The highest BCUT2D eigenvalue weighted by Crippen LogP contribution is 2.25. The molecule has 1 aromatic rings. The first-order chi connectivity index (χ1) is 8.31. The first-order valence-electron chi connectivity index (χ1n) is 6.54. The molecule has 1 saturated heterocycles. The van der Waals surface area contributed by atoms with Crippen LogP contribution in [0.1, 0.15) is 37.8 Å². The van der Waals surface area contributed by atoms with Crippen LogP contribution in [0.3, 0.4) is 0 Å². The molecule has 1 aliphatic rings. The fraction of sp³-hybridized carbons (Fsp3) is 0.769. The molecule has 3 nitrogen and oxygen atoms in total. The maximum absolute atomic E-state index is 4.34. The van der Waals surface area contributed by atoms with E-state index in [1.165, 1.54) is 25.0 Å². The van der Waals surface area contributed by atoms with Gasteiger partial charge in [-0.05, 0) is 38.6 Å². The van der Waals surface area contributed by atoms with Crippen molar-refractivity contribution in [1.82, 2.24) is 14.9 Å². The van der Waals surface area contributed by atoms with Crippen molar-refractivity contribution >= 4 is 11.8 Å². The van der Waals surface area contributed by atoms with Crippen molar-refractivity contribution in [3.63, 3.8) is 0 Å². The zero-order valence-corrected chi connectivity index (χ0v) is 11.7.